The molecule has 1 aromatic heterocycles. The minimum absolute atomic E-state index is 0.169. The summed E-state index contributed by atoms with van der Waals surface area (Å²) in [7, 11) is 0. The Hall–Kier alpha value is -1.83. The van der Waals surface area contributed by atoms with Gasteiger partial charge >= 0.3 is 5.97 Å². The Morgan fingerprint density at radius 3 is 2.75 bits per heavy atom. The fraction of sp³-hybridized carbons (Fsp3) is 0.412. The maximum absolute atomic E-state index is 13.1. The zero-order valence-electron chi connectivity index (χ0n) is 13.1. The second-order valence-electron chi connectivity index (χ2n) is 6.31. The Morgan fingerprint density at radius 1 is 1.38 bits per heavy atom. The van der Waals surface area contributed by atoms with Gasteiger partial charge in [0.2, 0.25) is 0 Å². The van der Waals surface area contributed by atoms with Gasteiger partial charge in [-0.2, -0.15) is 0 Å². The maximum atomic E-state index is 13.1. The van der Waals surface area contributed by atoms with E-state index in [1.807, 2.05) is 10.3 Å². The quantitative estimate of drug-likeness (QED) is 0.864. The van der Waals surface area contributed by atoms with Gasteiger partial charge in [0, 0.05) is 31.2 Å². The Bertz CT molecular complexity index is 692. The molecule has 2 heterocycles. The highest BCUT2D eigenvalue weighted by atomic mass is 32.1. The number of carboxylic acid groups (broad SMARTS) is 1. The molecule has 2 N–H and O–H groups in total. The summed E-state index contributed by atoms with van der Waals surface area (Å²) in [5.41, 5.74) is 0.453. The van der Waals surface area contributed by atoms with E-state index in [1.54, 1.807) is 18.3 Å². The van der Waals surface area contributed by atoms with Crippen molar-refractivity contribution < 1.29 is 19.4 Å². The van der Waals surface area contributed by atoms with Gasteiger partial charge in [0.1, 0.15) is 11.2 Å². The number of rotatable bonds is 5. The van der Waals surface area contributed by atoms with Crippen LogP contribution in [-0.4, -0.2) is 44.6 Å². The van der Waals surface area contributed by atoms with Gasteiger partial charge in [0.15, 0.2) is 0 Å². The van der Waals surface area contributed by atoms with E-state index in [0.717, 1.165) is 5.56 Å². The number of halogens is 1. The minimum Gasteiger partial charge on any atom is -0.481 e. The zero-order valence-corrected chi connectivity index (χ0v) is 13.9. The average Bonchev–Trinajstić information content (AvgIpc) is 3.05. The molecule has 0 radical (unpaired) electrons. The Labute approximate surface area is 143 Å². The molecular weight excluding hydrogens is 331 g/mol. The van der Waals surface area contributed by atoms with Gasteiger partial charge in [-0.15, -0.1) is 0 Å². The molecule has 5 nitrogen and oxygen atoms in total. The van der Waals surface area contributed by atoms with E-state index in [-0.39, 0.29) is 18.8 Å². The number of nitrogens with zero attached hydrogens (tertiary/aromatic N) is 2. The van der Waals surface area contributed by atoms with E-state index in [2.05, 4.69) is 4.37 Å². The average molecular weight is 350 g/mol. The molecule has 1 aliphatic rings. The van der Waals surface area contributed by atoms with E-state index < -0.39 is 17.5 Å². The first-order valence-electron chi connectivity index (χ1n) is 7.76. The number of hydrogen-bond acceptors (Lipinski definition) is 5. The van der Waals surface area contributed by atoms with Crippen LogP contribution in [0.5, 0.6) is 0 Å². The van der Waals surface area contributed by atoms with Gasteiger partial charge in [0.25, 0.3) is 0 Å². The van der Waals surface area contributed by atoms with E-state index >= 15 is 0 Å². The van der Waals surface area contributed by atoms with Crippen LogP contribution in [0.3, 0.4) is 0 Å². The summed E-state index contributed by atoms with van der Waals surface area (Å²) in [6.07, 6.45) is 1.41. The summed E-state index contributed by atoms with van der Waals surface area (Å²) in [6.45, 7) is 1.49. The number of aromatic nitrogens is 1. The molecule has 0 aliphatic carbocycles. The summed E-state index contributed by atoms with van der Waals surface area (Å²) < 4.78 is 17.2. The number of aliphatic hydroxyl groups excluding tert-OH is 1. The summed E-state index contributed by atoms with van der Waals surface area (Å²) in [5, 5.41) is 22.2. The summed E-state index contributed by atoms with van der Waals surface area (Å²) in [6, 6.07) is 5.78. The molecule has 0 unspecified atom stereocenters. The molecule has 3 rings (SSSR count). The summed E-state index contributed by atoms with van der Waals surface area (Å²) in [4.78, 5) is 14.1. The fourth-order valence-electron chi connectivity index (χ4n) is 3.29. The van der Waals surface area contributed by atoms with E-state index in [0.29, 0.717) is 25.1 Å². The Balaban J connectivity index is 1.82. The predicted octanol–water partition coefficient (Wildman–Crippen LogP) is 2.16. The molecule has 1 aromatic carbocycles. The normalized spacial score (nSPS) is 24.8. The van der Waals surface area contributed by atoms with Crippen molar-refractivity contribution >= 4 is 17.5 Å². The number of benzene rings is 1. The van der Waals surface area contributed by atoms with Crippen molar-refractivity contribution in [3.05, 3.63) is 52.8 Å². The number of carboxylic acids is 1. The second-order valence-corrected chi connectivity index (χ2v) is 6.97. The molecule has 1 saturated heterocycles. The molecule has 0 spiro atoms. The number of aliphatic carboxylic acids is 1. The standard InChI is InChI=1S/C17H19FN2O3S/c18-14-3-1-12(2-4-14)7-17(16(22)23)11-20(6-5-15(17)21)9-13-8-19-24-10-13/h1-4,8,10,15,21H,5-7,9,11H2,(H,22,23)/t15-,17+/m0/s1. The number of likely N-dealkylation sites (tertiary alicyclic amines) is 1. The molecule has 1 fully saturated rings. The van der Waals surface area contributed by atoms with Gasteiger partial charge in [-0.3, -0.25) is 9.69 Å². The molecule has 7 heteroatoms. The van der Waals surface area contributed by atoms with Crippen molar-refractivity contribution in [1.29, 1.82) is 0 Å². The lowest BCUT2D eigenvalue weighted by Gasteiger charge is -2.43. The van der Waals surface area contributed by atoms with Crippen LogP contribution >= 0.6 is 11.5 Å². The van der Waals surface area contributed by atoms with Gasteiger partial charge in [-0.25, -0.2) is 8.76 Å². The summed E-state index contributed by atoms with van der Waals surface area (Å²) >= 11 is 1.36. The van der Waals surface area contributed by atoms with Crippen LogP contribution in [-0.2, 0) is 17.8 Å². The highest BCUT2D eigenvalue weighted by molar-refractivity contribution is 7.03. The van der Waals surface area contributed by atoms with Crippen molar-refractivity contribution in [2.24, 2.45) is 5.41 Å². The molecular formula is C17H19FN2O3S. The lowest BCUT2D eigenvalue weighted by atomic mass is 9.73. The lowest BCUT2D eigenvalue weighted by molar-refractivity contribution is -0.163. The van der Waals surface area contributed by atoms with Crippen LogP contribution in [0.15, 0.2) is 35.8 Å². The van der Waals surface area contributed by atoms with Crippen LogP contribution in [0.4, 0.5) is 4.39 Å². The first kappa shape index (κ1) is 17.0. The van der Waals surface area contributed by atoms with Crippen molar-refractivity contribution in [3.8, 4) is 0 Å². The number of aliphatic hydroxyl groups is 1. The van der Waals surface area contributed by atoms with Gasteiger partial charge in [-0.05, 0) is 47.6 Å². The first-order valence-corrected chi connectivity index (χ1v) is 8.60. The zero-order chi connectivity index (χ0) is 17.2. The molecule has 0 saturated carbocycles. The van der Waals surface area contributed by atoms with Crippen LogP contribution in [0.2, 0.25) is 0 Å². The molecule has 2 aromatic rings. The third-order valence-corrected chi connectivity index (χ3v) is 5.25. The topological polar surface area (TPSA) is 73.7 Å². The minimum atomic E-state index is -1.29. The third kappa shape index (κ3) is 3.48. The Morgan fingerprint density at radius 2 is 2.12 bits per heavy atom. The van der Waals surface area contributed by atoms with Gasteiger partial charge in [-0.1, -0.05) is 12.1 Å². The highest BCUT2D eigenvalue weighted by Gasteiger charge is 2.49. The van der Waals surface area contributed by atoms with Crippen LogP contribution in [0.1, 0.15) is 17.5 Å². The van der Waals surface area contributed by atoms with E-state index in [1.165, 1.54) is 23.7 Å². The van der Waals surface area contributed by atoms with E-state index in [4.69, 9.17) is 0 Å². The SMILES string of the molecule is O=C(O)[C@]1(Cc2ccc(F)cc2)CN(Cc2cnsc2)CC[C@@H]1O. The smallest absolute Gasteiger partial charge is 0.313 e. The summed E-state index contributed by atoms with van der Waals surface area (Å²) in [5.74, 6) is -1.38. The third-order valence-electron chi connectivity index (χ3n) is 4.61. The highest BCUT2D eigenvalue weighted by Crippen LogP contribution is 2.35. The predicted molar refractivity (Wildman–Crippen MR) is 88.2 cm³/mol. The maximum Gasteiger partial charge on any atom is 0.313 e. The second kappa shape index (κ2) is 6.96. The van der Waals surface area contributed by atoms with Crippen molar-refractivity contribution in [1.82, 2.24) is 9.27 Å². The molecule has 24 heavy (non-hydrogen) atoms. The van der Waals surface area contributed by atoms with Crippen LogP contribution < -0.4 is 0 Å². The van der Waals surface area contributed by atoms with Gasteiger partial charge < -0.3 is 10.2 Å². The number of hydrogen-bond donors (Lipinski definition) is 2. The fourth-order valence-corrected chi connectivity index (χ4v) is 3.82. The molecule has 1 aliphatic heterocycles. The largest absolute Gasteiger partial charge is 0.481 e. The number of piperidine rings is 1. The number of carbonyl (C=O) groups is 1. The molecule has 128 valence electrons. The van der Waals surface area contributed by atoms with Crippen LogP contribution in [0, 0.1) is 11.2 Å². The van der Waals surface area contributed by atoms with Crippen LogP contribution in [0.25, 0.3) is 0 Å². The molecule has 0 amide bonds. The van der Waals surface area contributed by atoms with Gasteiger partial charge in [0.05, 0.1) is 6.10 Å². The monoisotopic (exact) mass is 350 g/mol. The van der Waals surface area contributed by atoms with Crippen molar-refractivity contribution in [3.63, 3.8) is 0 Å². The van der Waals surface area contributed by atoms with Crippen molar-refractivity contribution in [2.75, 3.05) is 13.1 Å². The van der Waals surface area contributed by atoms with E-state index in [9.17, 15) is 19.4 Å². The van der Waals surface area contributed by atoms with Crippen molar-refractivity contribution in [2.45, 2.75) is 25.5 Å². The lowest BCUT2D eigenvalue weighted by Crippen LogP contribution is -2.56. The molecule has 2 atom stereocenters. The Kier molecular flexibility index (Phi) is 4.93. The first-order chi connectivity index (χ1) is 11.5. The molecule has 0 bridgehead atoms.